The van der Waals surface area contributed by atoms with Gasteiger partial charge in [0.05, 0.1) is 49.9 Å². The SMILES string of the molecule is CC1C(=O)NC(=O)N(Cc2ccc(B(O)O)cc2)C1=O.CC1C(=O)NC(=O)N(Cc2ccc(C=O)cc2)C1=O.CC1C(=O)NC(=O)N(Cc2ccc(F)c(F)c2)C1=O.CCOC1(C)OCc2cc(CC3C(=O)N(Cc4ccccc4)C(=O)N(c4ccccc4)C3=O)ccc21.O=CC1C(=O)NC(=O)N(Cc2ccc(S(=O)(=O)[O-])cc2)C1=O.O=CC1C(=O)NC(=O)NC1=O.[Na+]. The molecule has 0 aliphatic carbocycles. The van der Waals surface area contributed by atoms with E-state index in [9.17, 15) is 122 Å². The number of nitrogens with zero attached hydrogens (tertiary/aromatic N) is 6. The Morgan fingerprint density at radius 2 is 0.883 bits per heavy atom. The smallest absolute Gasteiger partial charge is 0.744 e. The molecule has 7 heterocycles. The Morgan fingerprint density at radius 3 is 1.33 bits per heavy atom. The van der Waals surface area contributed by atoms with E-state index in [4.69, 9.17) is 19.5 Å². The zero-order chi connectivity index (χ0) is 93.2. The number of halogens is 2. The minimum Gasteiger partial charge on any atom is -0.744 e. The molecule has 0 saturated carbocycles. The van der Waals surface area contributed by atoms with Crippen molar-refractivity contribution in [2.24, 2.45) is 35.5 Å². The second-order valence-electron chi connectivity index (χ2n) is 28.5. The Labute approximate surface area is 747 Å². The Kier molecular flexibility index (Phi) is 33.9. The average molecular weight is 1790 g/mol. The van der Waals surface area contributed by atoms with Crippen molar-refractivity contribution in [1.82, 2.24) is 56.4 Å². The number of nitrogens with one attached hydrogen (secondary N) is 6. The van der Waals surface area contributed by atoms with Gasteiger partial charge in [0.25, 0.3) is 5.91 Å². The van der Waals surface area contributed by atoms with Crippen LogP contribution in [0.2, 0.25) is 0 Å². The molecule has 0 spiro atoms. The molecular formula is C83H76BF2N12NaO28S. The standard InChI is InChI=1S/C29H28N2O5.C13H12N2O4.C12H13BN2O5.C12H10F2N2O3.C12H10N2O7S.C5H4N2O4.Na/c1-3-35-29(2)25-15-14-21(16-22(25)19-36-29)17-24-26(32)30(18-20-10-6-4-7-11-20)28(34)31(27(24)33)23-12-8-5-9-13-23;1-8-11(17)14-13(19)15(12(8)18)6-9-2-4-10(7-16)5-3-9;1-7-10(16)14-12(18)15(11(7)17)6-8-2-4-9(5-3-8)13(19)20;1-6-10(17)15-12(19)16(11(6)18)5-7-2-3-8(13)9(14)4-7;15-6-9-10(16)13-12(18)14(11(9)17)5-7-1-3-8(4-2-7)22(19,20)21;8-1-2-3(9)6-5(11)7-4(2)10;/h4-16,24H,3,17-19H2,1-2H3;2-5,7-8H,6H2,1H3,(H,14,17,19);2-5,7,19-20H,6H2,1H3,(H,14,16,18);2-4,6H,5H2,1H3,(H,15,17,19);1-4,6,9H,5H2,(H,13,16,18)(H,19,20,21);1-2H,(H2,6,7,9,10,11);/q;;;;;;+1/p-1. The van der Waals surface area contributed by atoms with Crippen LogP contribution in [0, 0.1) is 47.1 Å². The number of hydrogen-bond acceptors (Lipinski definition) is 28. The molecule has 40 nitrogen and oxygen atoms in total. The molecule has 7 aliphatic heterocycles. The van der Waals surface area contributed by atoms with Gasteiger partial charge in [-0.2, -0.15) is 0 Å². The minimum absolute atomic E-state index is 0. The molecule has 128 heavy (non-hydrogen) atoms. The molecule has 24 amide bonds. The van der Waals surface area contributed by atoms with E-state index in [1.54, 1.807) is 71.3 Å². The summed E-state index contributed by atoms with van der Waals surface area (Å²) >= 11 is 0. The zero-order valence-electron chi connectivity index (χ0n) is 68.5. The molecule has 14 rings (SSSR count). The monoisotopic (exact) mass is 1790 g/mol. The van der Waals surface area contributed by atoms with Gasteiger partial charge in [-0.1, -0.05) is 133 Å². The normalized spacial score (nSPS) is 19.8. The van der Waals surface area contributed by atoms with Gasteiger partial charge in [-0.25, -0.2) is 50.9 Å². The Morgan fingerprint density at radius 1 is 0.477 bits per heavy atom. The first-order valence-corrected chi connectivity index (χ1v) is 39.4. The van der Waals surface area contributed by atoms with E-state index in [0.29, 0.717) is 57.8 Å². The fourth-order valence-electron chi connectivity index (χ4n) is 12.7. The number of carbonyl (C=O) groups is 21. The number of benzene rings is 7. The summed E-state index contributed by atoms with van der Waals surface area (Å²) in [4.78, 5) is 248. The van der Waals surface area contributed by atoms with Gasteiger partial charge in [0.15, 0.2) is 29.3 Å². The van der Waals surface area contributed by atoms with Gasteiger partial charge in [-0.15, -0.1) is 0 Å². The van der Waals surface area contributed by atoms with Crippen LogP contribution in [-0.2, 0) is 138 Å². The number of carbonyl (C=O) groups excluding carboxylic acids is 21. The van der Waals surface area contributed by atoms with Crippen molar-refractivity contribution < 1.29 is 172 Å². The van der Waals surface area contributed by atoms with Crippen molar-refractivity contribution in [3.05, 3.63) is 232 Å². The van der Waals surface area contributed by atoms with E-state index in [-0.39, 0.29) is 86.8 Å². The molecule has 7 aliphatic rings. The summed E-state index contributed by atoms with van der Waals surface area (Å²) in [5.74, 6) is -18.0. The molecule has 6 atom stereocenters. The summed E-state index contributed by atoms with van der Waals surface area (Å²) in [7, 11) is -6.16. The molecule has 8 N–H and O–H groups in total. The predicted octanol–water partition coefficient (Wildman–Crippen LogP) is -0.590. The van der Waals surface area contributed by atoms with Gasteiger partial charge in [-0.05, 0) is 122 Å². The van der Waals surface area contributed by atoms with Crippen LogP contribution in [0.5, 0.6) is 0 Å². The van der Waals surface area contributed by atoms with Crippen LogP contribution in [0.4, 0.5) is 43.2 Å². The first-order chi connectivity index (χ1) is 60.1. The fraction of sp³-hybridized carbons (Fsp3) is 0.241. The molecule has 0 aromatic heterocycles. The molecule has 6 unspecified atom stereocenters. The molecular weight excluding hydrogens is 1720 g/mol. The van der Waals surface area contributed by atoms with Crippen LogP contribution in [0.25, 0.3) is 0 Å². The van der Waals surface area contributed by atoms with Gasteiger partial charge < -0.3 is 33.7 Å². The minimum atomic E-state index is -4.60. The molecule has 45 heteroatoms. The van der Waals surface area contributed by atoms with E-state index < -0.39 is 182 Å². The van der Waals surface area contributed by atoms with Crippen LogP contribution in [-0.4, -0.2) is 187 Å². The van der Waals surface area contributed by atoms with E-state index in [2.05, 4.69) is 10.6 Å². The van der Waals surface area contributed by atoms with E-state index >= 15 is 0 Å². The van der Waals surface area contributed by atoms with Crippen LogP contribution in [0.3, 0.4) is 0 Å². The summed E-state index contributed by atoms with van der Waals surface area (Å²) in [5, 5.41) is 29.6. The third-order valence-corrected chi connectivity index (χ3v) is 20.6. The maximum atomic E-state index is 13.6. The maximum absolute atomic E-state index is 13.6. The van der Waals surface area contributed by atoms with E-state index in [1.807, 2.05) is 79.1 Å². The summed E-state index contributed by atoms with van der Waals surface area (Å²) in [6.45, 7) is 8.65. The second kappa shape index (κ2) is 43.7. The number of amides is 24. The first-order valence-electron chi connectivity index (χ1n) is 38.0. The summed E-state index contributed by atoms with van der Waals surface area (Å²) in [6, 6.07) is 39.3. The summed E-state index contributed by atoms with van der Waals surface area (Å²) < 4.78 is 69.9. The number of hydrogen-bond donors (Lipinski definition) is 8. The molecule has 6 fully saturated rings. The van der Waals surface area contributed by atoms with Crippen LogP contribution < -0.4 is 71.8 Å². The second-order valence-corrected chi connectivity index (χ2v) is 29.9. The van der Waals surface area contributed by atoms with E-state index in [0.717, 1.165) is 66.1 Å². The number of fused-ring (bicyclic) bond motifs is 1. The predicted molar refractivity (Wildman–Crippen MR) is 427 cm³/mol. The molecule has 660 valence electrons. The van der Waals surface area contributed by atoms with Gasteiger partial charge in [0.2, 0.25) is 65.0 Å². The van der Waals surface area contributed by atoms with Crippen LogP contribution in [0.1, 0.15) is 89.5 Å². The quantitative estimate of drug-likeness (QED) is 0.0205. The number of anilines is 1. The van der Waals surface area contributed by atoms with Crippen LogP contribution in [0.15, 0.2) is 175 Å². The fourth-order valence-corrected chi connectivity index (χ4v) is 13.2. The van der Waals surface area contributed by atoms with Crippen molar-refractivity contribution in [3.8, 4) is 0 Å². The maximum Gasteiger partial charge on any atom is 1.00 e. The number of imide groups is 12. The Balaban J connectivity index is 0.000000196. The van der Waals surface area contributed by atoms with Crippen molar-refractivity contribution in [2.75, 3.05) is 11.5 Å². The first kappa shape index (κ1) is 99.3. The van der Waals surface area contributed by atoms with Gasteiger partial charge in [0, 0.05) is 17.7 Å². The topological polar surface area (TPSA) is 566 Å². The average Bonchev–Trinajstić information content (AvgIpc) is 1.11. The molecule has 0 radical (unpaired) electrons. The number of barbiturate groups is 6. The number of urea groups is 6. The molecule has 7 aromatic rings. The van der Waals surface area contributed by atoms with Crippen LogP contribution >= 0.6 is 0 Å². The Bertz CT molecular complexity index is 5690. The van der Waals surface area contributed by atoms with Crippen molar-refractivity contribution in [2.45, 2.75) is 91.1 Å². The van der Waals surface area contributed by atoms with Crippen molar-refractivity contribution >= 4 is 154 Å². The summed E-state index contributed by atoms with van der Waals surface area (Å²) in [6.07, 6.45) is 1.20. The van der Waals surface area contributed by atoms with Crippen molar-refractivity contribution in [1.29, 1.82) is 0 Å². The third kappa shape index (κ3) is 24.3. The zero-order valence-corrected chi connectivity index (χ0v) is 71.3. The Hall–Kier alpha value is -14.1. The van der Waals surface area contributed by atoms with Gasteiger partial charge in [0.1, 0.15) is 52.6 Å². The number of para-hydroxylation sites is 1. The third-order valence-electron chi connectivity index (χ3n) is 19.8. The summed E-state index contributed by atoms with van der Waals surface area (Å²) in [5.41, 5.74) is 6.76. The number of ether oxygens (including phenoxy) is 2. The molecule has 0 bridgehead atoms. The van der Waals surface area contributed by atoms with Crippen molar-refractivity contribution in [3.63, 3.8) is 0 Å². The largest absolute Gasteiger partial charge is 1.00 e. The van der Waals surface area contributed by atoms with Gasteiger partial charge >= 0.3 is 72.9 Å². The molecule has 6 saturated heterocycles. The number of aldehydes is 3. The van der Waals surface area contributed by atoms with Gasteiger partial charge in [-0.3, -0.25) is 119 Å². The molecule has 7 aromatic carbocycles. The number of rotatable bonds is 20. The van der Waals surface area contributed by atoms with E-state index in [1.165, 1.54) is 56.0 Å².